The molecule has 0 aromatic heterocycles. The molecule has 2 nitrogen and oxygen atoms in total. The second-order valence-electron chi connectivity index (χ2n) is 4.43. The summed E-state index contributed by atoms with van der Waals surface area (Å²) in [4.78, 5) is 8.63. The van der Waals surface area contributed by atoms with E-state index in [0.29, 0.717) is 6.16 Å². The lowest BCUT2D eigenvalue weighted by molar-refractivity contribution is 0.498. The van der Waals surface area contributed by atoms with Crippen LogP contribution in [-0.4, -0.2) is 11.1 Å². The molecule has 0 saturated heterocycles. The van der Waals surface area contributed by atoms with E-state index >= 15 is 0 Å². The van der Waals surface area contributed by atoms with Crippen LogP contribution in [0.5, 0.6) is 0 Å². The molecule has 0 amide bonds. The van der Waals surface area contributed by atoms with E-state index in [4.69, 9.17) is 4.89 Å². The van der Waals surface area contributed by atoms with Crippen LogP contribution in [0.15, 0.2) is 30.3 Å². The lowest BCUT2D eigenvalue weighted by atomic mass is 10.1. The van der Waals surface area contributed by atoms with Crippen molar-refractivity contribution in [3.05, 3.63) is 35.9 Å². The predicted octanol–water partition coefficient (Wildman–Crippen LogP) is 4.30. The van der Waals surface area contributed by atoms with Gasteiger partial charge in [0.15, 0.2) is 6.16 Å². The summed E-state index contributed by atoms with van der Waals surface area (Å²) in [6, 6.07) is 10.6. The number of aryl methyl sites for hydroxylation is 1. The standard InChI is InChI=1S/C14H21O2P/c15-17(16)13-9-4-2-1-3-6-10-14-11-7-5-8-12-14/h5,7-8,11-12H,1-4,6,9-10,13H2/p+1. The Balaban J connectivity index is 1.90. The fraction of sp³-hybridized carbons (Fsp3) is 0.571. The van der Waals surface area contributed by atoms with Crippen LogP contribution in [0.1, 0.15) is 44.1 Å². The van der Waals surface area contributed by atoms with Gasteiger partial charge < -0.3 is 0 Å². The van der Waals surface area contributed by atoms with Crippen molar-refractivity contribution in [3.63, 3.8) is 0 Å². The van der Waals surface area contributed by atoms with Gasteiger partial charge in [-0.15, -0.1) is 0 Å². The summed E-state index contributed by atoms with van der Waals surface area (Å²) in [5, 5.41) is 0. The minimum Gasteiger partial charge on any atom is -0.161 e. The van der Waals surface area contributed by atoms with E-state index < -0.39 is 8.03 Å². The van der Waals surface area contributed by atoms with Crippen LogP contribution < -0.4 is 0 Å². The molecule has 0 aliphatic rings. The molecule has 0 bridgehead atoms. The van der Waals surface area contributed by atoms with E-state index in [0.717, 1.165) is 12.8 Å². The maximum absolute atomic E-state index is 10.4. The Morgan fingerprint density at radius 2 is 1.47 bits per heavy atom. The summed E-state index contributed by atoms with van der Waals surface area (Å²) in [5.41, 5.74) is 1.42. The van der Waals surface area contributed by atoms with Crippen LogP contribution in [0.2, 0.25) is 0 Å². The molecule has 1 aromatic rings. The molecule has 1 aromatic carbocycles. The van der Waals surface area contributed by atoms with Crippen molar-refractivity contribution >= 4 is 8.03 Å². The summed E-state index contributed by atoms with van der Waals surface area (Å²) in [6.45, 7) is 0. The summed E-state index contributed by atoms with van der Waals surface area (Å²) in [5.74, 6) is 0. The molecule has 17 heavy (non-hydrogen) atoms. The summed E-state index contributed by atoms with van der Waals surface area (Å²) < 4.78 is 10.4. The average molecular weight is 253 g/mol. The van der Waals surface area contributed by atoms with Gasteiger partial charge in [0.1, 0.15) is 0 Å². The highest BCUT2D eigenvalue weighted by Crippen LogP contribution is 2.17. The highest BCUT2D eigenvalue weighted by atomic mass is 31.1. The first-order valence-electron chi connectivity index (χ1n) is 6.46. The number of hydrogen-bond acceptors (Lipinski definition) is 1. The molecule has 0 heterocycles. The van der Waals surface area contributed by atoms with Gasteiger partial charge in [0.05, 0.1) is 0 Å². The molecule has 0 fully saturated rings. The van der Waals surface area contributed by atoms with E-state index in [1.807, 2.05) is 0 Å². The van der Waals surface area contributed by atoms with Crippen LogP contribution in [-0.2, 0) is 11.0 Å². The zero-order valence-corrected chi connectivity index (χ0v) is 11.2. The van der Waals surface area contributed by atoms with Crippen LogP contribution in [0.25, 0.3) is 0 Å². The second-order valence-corrected chi connectivity index (χ2v) is 5.58. The van der Waals surface area contributed by atoms with Crippen molar-refractivity contribution in [1.29, 1.82) is 0 Å². The third kappa shape index (κ3) is 8.06. The molecule has 1 rings (SSSR count). The number of benzene rings is 1. The molecule has 0 spiro atoms. The molecule has 1 atom stereocenters. The minimum absolute atomic E-state index is 0.472. The van der Waals surface area contributed by atoms with Crippen molar-refractivity contribution in [2.24, 2.45) is 0 Å². The van der Waals surface area contributed by atoms with Crippen molar-refractivity contribution in [1.82, 2.24) is 0 Å². The SMILES string of the molecule is O=[P+](O)CCCCCCCCc1ccccc1. The van der Waals surface area contributed by atoms with Gasteiger partial charge in [0, 0.05) is 0 Å². The number of rotatable bonds is 9. The Kier molecular flexibility index (Phi) is 7.87. The Hall–Kier alpha value is -0.720. The van der Waals surface area contributed by atoms with Gasteiger partial charge >= 0.3 is 8.03 Å². The first-order chi connectivity index (χ1) is 8.29. The van der Waals surface area contributed by atoms with Gasteiger partial charge in [-0.25, -0.2) is 0 Å². The maximum Gasteiger partial charge on any atom is 0.505 e. The first-order valence-corrected chi connectivity index (χ1v) is 7.86. The van der Waals surface area contributed by atoms with Crippen molar-refractivity contribution < 1.29 is 9.46 Å². The Bertz CT molecular complexity index is 311. The van der Waals surface area contributed by atoms with Gasteiger partial charge in [-0.05, 0) is 35.8 Å². The Morgan fingerprint density at radius 3 is 2.12 bits per heavy atom. The molecule has 94 valence electrons. The average Bonchev–Trinajstić information content (AvgIpc) is 2.33. The predicted molar refractivity (Wildman–Crippen MR) is 72.5 cm³/mol. The molecular formula is C14H22O2P+. The fourth-order valence-corrected chi connectivity index (χ4v) is 2.42. The monoisotopic (exact) mass is 253 g/mol. The van der Waals surface area contributed by atoms with Gasteiger partial charge in [0.25, 0.3) is 0 Å². The fourth-order valence-electron chi connectivity index (χ4n) is 1.93. The molecule has 0 aliphatic heterocycles. The molecule has 1 N–H and O–H groups in total. The molecule has 1 unspecified atom stereocenters. The van der Waals surface area contributed by atoms with Gasteiger partial charge in [-0.2, -0.15) is 4.89 Å². The van der Waals surface area contributed by atoms with Gasteiger partial charge in [-0.3, -0.25) is 0 Å². The zero-order chi connectivity index (χ0) is 12.3. The quantitative estimate of drug-likeness (QED) is 0.526. The molecular weight excluding hydrogens is 231 g/mol. The maximum atomic E-state index is 10.4. The third-order valence-corrected chi connectivity index (χ3v) is 3.61. The summed E-state index contributed by atoms with van der Waals surface area (Å²) in [7, 11) is -1.91. The Morgan fingerprint density at radius 1 is 0.882 bits per heavy atom. The van der Waals surface area contributed by atoms with Crippen molar-refractivity contribution in [2.45, 2.75) is 44.9 Å². The largest absolute Gasteiger partial charge is 0.505 e. The van der Waals surface area contributed by atoms with E-state index in [1.165, 1.54) is 37.7 Å². The minimum atomic E-state index is -1.91. The zero-order valence-electron chi connectivity index (χ0n) is 10.3. The van der Waals surface area contributed by atoms with Crippen molar-refractivity contribution in [3.8, 4) is 0 Å². The lowest BCUT2D eigenvalue weighted by Crippen LogP contribution is -1.86. The van der Waals surface area contributed by atoms with Crippen LogP contribution >= 0.6 is 8.03 Å². The van der Waals surface area contributed by atoms with Crippen LogP contribution in [0.4, 0.5) is 0 Å². The molecule has 0 radical (unpaired) electrons. The highest BCUT2D eigenvalue weighted by molar-refractivity contribution is 7.37. The van der Waals surface area contributed by atoms with Crippen molar-refractivity contribution in [2.75, 3.05) is 6.16 Å². The number of hydrogen-bond donors (Lipinski definition) is 1. The smallest absolute Gasteiger partial charge is 0.161 e. The normalized spacial score (nSPS) is 11.5. The van der Waals surface area contributed by atoms with E-state index in [1.54, 1.807) is 0 Å². The molecule has 0 aliphatic carbocycles. The van der Waals surface area contributed by atoms with Gasteiger partial charge in [-0.1, -0.05) is 49.6 Å². The van der Waals surface area contributed by atoms with E-state index in [9.17, 15) is 4.57 Å². The second kappa shape index (κ2) is 9.32. The third-order valence-electron chi connectivity index (χ3n) is 2.91. The lowest BCUT2D eigenvalue weighted by Gasteiger charge is -2.01. The van der Waals surface area contributed by atoms with E-state index in [2.05, 4.69) is 30.3 Å². The highest BCUT2D eigenvalue weighted by Gasteiger charge is 2.07. The Labute approximate surface area is 105 Å². The van der Waals surface area contributed by atoms with E-state index in [-0.39, 0.29) is 0 Å². The molecule has 3 heteroatoms. The molecule has 0 saturated carbocycles. The van der Waals surface area contributed by atoms with Gasteiger partial charge in [0.2, 0.25) is 0 Å². The first kappa shape index (κ1) is 14.3. The van der Waals surface area contributed by atoms with Crippen LogP contribution in [0.3, 0.4) is 0 Å². The number of unbranched alkanes of at least 4 members (excludes halogenated alkanes) is 5. The summed E-state index contributed by atoms with van der Waals surface area (Å²) >= 11 is 0. The van der Waals surface area contributed by atoms with Crippen LogP contribution in [0, 0.1) is 0 Å². The topological polar surface area (TPSA) is 37.3 Å². The summed E-state index contributed by atoms with van der Waals surface area (Å²) in [6.07, 6.45) is 8.57.